The van der Waals surface area contributed by atoms with Crippen LogP contribution in [0.1, 0.15) is 31.3 Å². The Morgan fingerprint density at radius 3 is 2.67 bits per heavy atom. The fourth-order valence-electron chi connectivity index (χ4n) is 1.28. The van der Waals surface area contributed by atoms with Crippen molar-refractivity contribution in [3.63, 3.8) is 0 Å². The first kappa shape index (κ1) is 11.6. The van der Waals surface area contributed by atoms with Crippen LogP contribution in [0.2, 0.25) is 0 Å². The molecule has 5 heteroatoms. The number of hydrogen-bond donors (Lipinski definition) is 1. The molecule has 2 N–H and O–H groups in total. The van der Waals surface area contributed by atoms with E-state index in [2.05, 4.69) is 30.5 Å². The molecule has 0 unspecified atom stereocenters. The molecule has 1 aromatic heterocycles. The van der Waals surface area contributed by atoms with Gasteiger partial charge >= 0.3 is 5.97 Å². The van der Waals surface area contributed by atoms with Crippen LogP contribution in [-0.2, 0) is 11.3 Å². The van der Waals surface area contributed by atoms with Gasteiger partial charge in [0, 0.05) is 6.54 Å². The standard InChI is InChI=1S/C10H17N3O2/c1-10(2,3)5-13-6-12-7(8(13)11)9(14)15-4/h6H,5,11H2,1-4H3. The second kappa shape index (κ2) is 3.92. The number of nitrogens with zero attached hydrogens (tertiary/aromatic N) is 2. The molecule has 0 saturated heterocycles. The SMILES string of the molecule is COC(=O)c1ncn(CC(C)(C)C)c1N. The molecular weight excluding hydrogens is 194 g/mol. The van der Waals surface area contributed by atoms with Gasteiger partial charge in [0.1, 0.15) is 5.82 Å². The molecule has 0 spiro atoms. The quantitative estimate of drug-likeness (QED) is 0.748. The minimum absolute atomic E-state index is 0.0855. The number of ether oxygens (including phenoxy) is 1. The summed E-state index contributed by atoms with van der Waals surface area (Å²) in [6, 6.07) is 0. The van der Waals surface area contributed by atoms with Gasteiger partial charge in [0.15, 0.2) is 5.69 Å². The molecule has 5 nitrogen and oxygen atoms in total. The van der Waals surface area contributed by atoms with Crippen molar-refractivity contribution >= 4 is 11.8 Å². The maximum absolute atomic E-state index is 11.2. The predicted molar refractivity (Wildman–Crippen MR) is 57.4 cm³/mol. The Hall–Kier alpha value is -1.52. The molecule has 0 saturated carbocycles. The van der Waals surface area contributed by atoms with Gasteiger partial charge in [-0.15, -0.1) is 0 Å². The molecule has 0 atom stereocenters. The number of carbonyl (C=O) groups excluding carboxylic acids is 1. The average Bonchev–Trinajstić information content (AvgIpc) is 2.45. The third-order valence-corrected chi connectivity index (χ3v) is 1.90. The van der Waals surface area contributed by atoms with E-state index in [1.54, 1.807) is 10.9 Å². The Balaban J connectivity index is 2.94. The number of rotatable bonds is 2. The van der Waals surface area contributed by atoms with Gasteiger partial charge in [-0.1, -0.05) is 20.8 Å². The third kappa shape index (κ3) is 2.71. The van der Waals surface area contributed by atoms with E-state index in [0.717, 1.165) is 0 Å². The molecule has 1 rings (SSSR count). The molecule has 0 aliphatic rings. The molecule has 84 valence electrons. The van der Waals surface area contributed by atoms with Gasteiger partial charge in [-0.2, -0.15) is 0 Å². The van der Waals surface area contributed by atoms with Crippen molar-refractivity contribution in [3.8, 4) is 0 Å². The average molecular weight is 211 g/mol. The van der Waals surface area contributed by atoms with Crippen LogP contribution in [0, 0.1) is 5.41 Å². The van der Waals surface area contributed by atoms with Gasteiger partial charge in [-0.25, -0.2) is 9.78 Å². The summed E-state index contributed by atoms with van der Waals surface area (Å²) >= 11 is 0. The zero-order valence-corrected chi connectivity index (χ0v) is 9.57. The summed E-state index contributed by atoms with van der Waals surface area (Å²) in [5.41, 5.74) is 6.05. The van der Waals surface area contributed by atoms with Crippen LogP contribution in [-0.4, -0.2) is 22.6 Å². The summed E-state index contributed by atoms with van der Waals surface area (Å²) in [5.74, 6) is -0.142. The van der Waals surface area contributed by atoms with Gasteiger partial charge < -0.3 is 15.0 Å². The highest BCUT2D eigenvalue weighted by atomic mass is 16.5. The zero-order valence-electron chi connectivity index (χ0n) is 9.57. The largest absolute Gasteiger partial charge is 0.464 e. The summed E-state index contributed by atoms with van der Waals surface area (Å²) in [7, 11) is 1.31. The second-order valence-electron chi connectivity index (χ2n) is 4.66. The van der Waals surface area contributed by atoms with Gasteiger partial charge in [0.2, 0.25) is 0 Å². The number of nitrogens with two attached hydrogens (primary N) is 1. The first-order valence-corrected chi connectivity index (χ1v) is 4.74. The molecule has 1 heterocycles. The maximum Gasteiger partial charge on any atom is 0.360 e. The lowest BCUT2D eigenvalue weighted by molar-refractivity contribution is 0.0596. The Labute approximate surface area is 89.2 Å². The lowest BCUT2D eigenvalue weighted by Gasteiger charge is -2.19. The molecule has 0 bridgehead atoms. The maximum atomic E-state index is 11.2. The highest BCUT2D eigenvalue weighted by Gasteiger charge is 2.19. The van der Waals surface area contributed by atoms with E-state index in [-0.39, 0.29) is 11.1 Å². The Kier molecular flexibility index (Phi) is 3.02. The molecule has 0 fully saturated rings. The number of hydrogen-bond acceptors (Lipinski definition) is 4. The van der Waals surface area contributed by atoms with Gasteiger partial charge in [-0.3, -0.25) is 0 Å². The van der Waals surface area contributed by atoms with Crippen LogP contribution in [0.4, 0.5) is 5.82 Å². The Bertz CT molecular complexity index is 363. The van der Waals surface area contributed by atoms with E-state index in [9.17, 15) is 4.79 Å². The van der Waals surface area contributed by atoms with Crippen molar-refractivity contribution in [2.24, 2.45) is 5.41 Å². The summed E-state index contributed by atoms with van der Waals surface area (Å²) in [5, 5.41) is 0. The normalized spacial score (nSPS) is 11.5. The van der Waals surface area contributed by atoms with E-state index in [4.69, 9.17) is 5.73 Å². The summed E-state index contributed by atoms with van der Waals surface area (Å²) in [6.45, 7) is 6.97. The van der Waals surface area contributed by atoms with Crippen LogP contribution >= 0.6 is 0 Å². The number of nitrogen functional groups attached to an aromatic ring is 1. The van der Waals surface area contributed by atoms with Crippen molar-refractivity contribution in [2.45, 2.75) is 27.3 Å². The van der Waals surface area contributed by atoms with E-state index < -0.39 is 5.97 Å². The smallest absolute Gasteiger partial charge is 0.360 e. The number of aromatic nitrogens is 2. The van der Waals surface area contributed by atoms with E-state index in [1.807, 2.05) is 0 Å². The van der Waals surface area contributed by atoms with Crippen LogP contribution in [0.25, 0.3) is 0 Å². The highest BCUT2D eigenvalue weighted by Crippen LogP contribution is 2.20. The highest BCUT2D eigenvalue weighted by molar-refractivity contribution is 5.91. The number of esters is 1. The second-order valence-corrected chi connectivity index (χ2v) is 4.66. The van der Waals surface area contributed by atoms with Crippen LogP contribution < -0.4 is 5.73 Å². The molecule has 15 heavy (non-hydrogen) atoms. The van der Waals surface area contributed by atoms with Crippen molar-refractivity contribution in [1.29, 1.82) is 0 Å². The van der Waals surface area contributed by atoms with Gasteiger partial charge in [0.05, 0.1) is 13.4 Å². The fraction of sp³-hybridized carbons (Fsp3) is 0.600. The van der Waals surface area contributed by atoms with E-state index >= 15 is 0 Å². The third-order valence-electron chi connectivity index (χ3n) is 1.90. The summed E-state index contributed by atoms with van der Waals surface area (Å²) in [6.07, 6.45) is 1.56. The molecule has 0 radical (unpaired) electrons. The predicted octanol–water partition coefficient (Wildman–Crippen LogP) is 1.30. The zero-order chi connectivity index (χ0) is 11.6. The molecule has 1 aromatic rings. The van der Waals surface area contributed by atoms with Crippen molar-refractivity contribution < 1.29 is 9.53 Å². The minimum atomic E-state index is -0.500. The molecule has 0 aliphatic heterocycles. The monoisotopic (exact) mass is 211 g/mol. The van der Waals surface area contributed by atoms with Gasteiger partial charge in [0.25, 0.3) is 0 Å². The molecule has 0 aromatic carbocycles. The Morgan fingerprint density at radius 2 is 2.20 bits per heavy atom. The lowest BCUT2D eigenvalue weighted by atomic mass is 9.97. The molecule has 0 aliphatic carbocycles. The molecule has 0 amide bonds. The topological polar surface area (TPSA) is 70.1 Å². The number of carbonyl (C=O) groups is 1. The minimum Gasteiger partial charge on any atom is -0.464 e. The van der Waals surface area contributed by atoms with Crippen LogP contribution in [0.3, 0.4) is 0 Å². The van der Waals surface area contributed by atoms with E-state index in [0.29, 0.717) is 12.4 Å². The molecular formula is C10H17N3O2. The number of methoxy groups -OCH3 is 1. The van der Waals surface area contributed by atoms with Crippen LogP contribution in [0.5, 0.6) is 0 Å². The first-order chi connectivity index (χ1) is 6.85. The summed E-state index contributed by atoms with van der Waals surface area (Å²) in [4.78, 5) is 15.2. The van der Waals surface area contributed by atoms with Gasteiger partial charge in [-0.05, 0) is 5.41 Å². The summed E-state index contributed by atoms with van der Waals surface area (Å²) < 4.78 is 6.32. The first-order valence-electron chi connectivity index (χ1n) is 4.74. The Morgan fingerprint density at radius 1 is 1.60 bits per heavy atom. The van der Waals surface area contributed by atoms with Crippen molar-refractivity contribution in [1.82, 2.24) is 9.55 Å². The lowest BCUT2D eigenvalue weighted by Crippen LogP contribution is -2.17. The fourth-order valence-corrected chi connectivity index (χ4v) is 1.28. The number of anilines is 1. The van der Waals surface area contributed by atoms with Crippen molar-refractivity contribution in [2.75, 3.05) is 12.8 Å². The van der Waals surface area contributed by atoms with Crippen molar-refractivity contribution in [3.05, 3.63) is 12.0 Å². The number of imidazole rings is 1. The van der Waals surface area contributed by atoms with Crippen LogP contribution in [0.15, 0.2) is 6.33 Å². The van der Waals surface area contributed by atoms with E-state index in [1.165, 1.54) is 7.11 Å².